The summed E-state index contributed by atoms with van der Waals surface area (Å²) in [4.78, 5) is 0. The molecule has 2 nitrogen and oxygen atoms in total. The van der Waals surface area contributed by atoms with Gasteiger partial charge in [-0.3, -0.25) is 0 Å². The third-order valence-corrected chi connectivity index (χ3v) is 3.84. The Morgan fingerprint density at radius 2 is 2.35 bits per heavy atom. The second-order valence-electron chi connectivity index (χ2n) is 4.56. The maximum Gasteiger partial charge on any atom is 0.124 e. The third kappa shape index (κ3) is 3.76. The Hall–Kier alpha value is -0.450. The van der Waals surface area contributed by atoms with Crippen molar-refractivity contribution in [3.05, 3.63) is 34.1 Å². The average Bonchev–Trinajstić information content (AvgIpc) is 2.75. The van der Waals surface area contributed by atoms with Crippen LogP contribution < -0.4 is 0 Å². The van der Waals surface area contributed by atoms with Crippen LogP contribution in [0.2, 0.25) is 0 Å². The first-order valence-corrected chi connectivity index (χ1v) is 6.64. The van der Waals surface area contributed by atoms with E-state index in [1.165, 1.54) is 12.1 Å². The SMILES string of the molecule is OC(Cc1ccc(F)cc1Br)CC1CCOC1. The Labute approximate surface area is 109 Å². The number of halogens is 2. The van der Waals surface area contributed by atoms with Gasteiger partial charge in [-0.2, -0.15) is 0 Å². The summed E-state index contributed by atoms with van der Waals surface area (Å²) in [6.07, 6.45) is 1.95. The van der Waals surface area contributed by atoms with Gasteiger partial charge in [-0.15, -0.1) is 0 Å². The van der Waals surface area contributed by atoms with Crippen LogP contribution in [0.1, 0.15) is 18.4 Å². The van der Waals surface area contributed by atoms with Gasteiger partial charge in [-0.25, -0.2) is 4.39 Å². The van der Waals surface area contributed by atoms with E-state index in [4.69, 9.17) is 4.74 Å². The van der Waals surface area contributed by atoms with Crippen LogP contribution in [0.5, 0.6) is 0 Å². The van der Waals surface area contributed by atoms with Crippen molar-refractivity contribution in [3.8, 4) is 0 Å². The van der Waals surface area contributed by atoms with E-state index in [0.717, 1.165) is 36.1 Å². The molecule has 2 unspecified atom stereocenters. The second kappa shape index (κ2) is 5.94. The minimum Gasteiger partial charge on any atom is -0.393 e. The van der Waals surface area contributed by atoms with Gasteiger partial charge in [0.2, 0.25) is 0 Å². The van der Waals surface area contributed by atoms with Crippen LogP contribution in [0.25, 0.3) is 0 Å². The topological polar surface area (TPSA) is 29.5 Å². The van der Waals surface area contributed by atoms with Gasteiger partial charge in [0.15, 0.2) is 0 Å². The molecule has 1 saturated heterocycles. The van der Waals surface area contributed by atoms with Gasteiger partial charge in [0.05, 0.1) is 6.10 Å². The van der Waals surface area contributed by atoms with Gasteiger partial charge in [-0.1, -0.05) is 22.0 Å². The molecule has 0 amide bonds. The molecule has 94 valence electrons. The maximum absolute atomic E-state index is 12.9. The van der Waals surface area contributed by atoms with Crippen LogP contribution in [-0.4, -0.2) is 24.4 Å². The van der Waals surface area contributed by atoms with Crippen molar-refractivity contribution in [1.82, 2.24) is 0 Å². The molecule has 0 saturated carbocycles. The van der Waals surface area contributed by atoms with Crippen molar-refractivity contribution >= 4 is 15.9 Å². The van der Waals surface area contributed by atoms with Crippen LogP contribution in [0.3, 0.4) is 0 Å². The van der Waals surface area contributed by atoms with Crippen molar-refractivity contribution in [2.75, 3.05) is 13.2 Å². The standard InChI is InChI=1S/C13H16BrFO2/c14-13-7-11(15)2-1-10(13)6-12(16)5-9-3-4-17-8-9/h1-2,7,9,12,16H,3-6,8H2. The van der Waals surface area contributed by atoms with E-state index in [1.54, 1.807) is 6.07 Å². The van der Waals surface area contributed by atoms with E-state index in [9.17, 15) is 9.50 Å². The van der Waals surface area contributed by atoms with E-state index in [2.05, 4.69) is 15.9 Å². The molecule has 1 aliphatic heterocycles. The Bertz CT molecular complexity index is 378. The Morgan fingerprint density at radius 3 is 3.00 bits per heavy atom. The lowest BCUT2D eigenvalue weighted by Gasteiger charge is -2.15. The third-order valence-electron chi connectivity index (χ3n) is 3.10. The number of aliphatic hydroxyl groups is 1. The molecule has 4 heteroatoms. The number of hydrogen-bond acceptors (Lipinski definition) is 2. The highest BCUT2D eigenvalue weighted by atomic mass is 79.9. The number of benzene rings is 1. The predicted octanol–water partition coefficient (Wildman–Crippen LogP) is 2.92. The van der Waals surface area contributed by atoms with Crippen LogP contribution in [-0.2, 0) is 11.2 Å². The van der Waals surface area contributed by atoms with Crippen LogP contribution in [0.15, 0.2) is 22.7 Å². The van der Waals surface area contributed by atoms with Crippen molar-refractivity contribution in [2.24, 2.45) is 5.92 Å². The van der Waals surface area contributed by atoms with E-state index in [-0.39, 0.29) is 11.9 Å². The van der Waals surface area contributed by atoms with Gasteiger partial charge in [0.25, 0.3) is 0 Å². The van der Waals surface area contributed by atoms with Crippen LogP contribution in [0, 0.1) is 11.7 Å². The second-order valence-corrected chi connectivity index (χ2v) is 5.41. The Balaban J connectivity index is 1.90. The first-order valence-electron chi connectivity index (χ1n) is 5.85. The summed E-state index contributed by atoms with van der Waals surface area (Å²) < 4.78 is 18.9. The zero-order chi connectivity index (χ0) is 12.3. The molecule has 2 atom stereocenters. The molecule has 1 aromatic rings. The summed E-state index contributed by atoms with van der Waals surface area (Å²) in [5, 5.41) is 9.99. The normalized spacial score (nSPS) is 21.7. The number of aliphatic hydroxyl groups excluding tert-OH is 1. The summed E-state index contributed by atoms with van der Waals surface area (Å²) >= 11 is 3.31. The molecule has 0 aliphatic carbocycles. The quantitative estimate of drug-likeness (QED) is 0.927. The average molecular weight is 303 g/mol. The molecular formula is C13H16BrFO2. The highest BCUT2D eigenvalue weighted by molar-refractivity contribution is 9.10. The summed E-state index contributed by atoms with van der Waals surface area (Å²) in [6, 6.07) is 4.57. The van der Waals surface area contributed by atoms with E-state index in [0.29, 0.717) is 12.3 Å². The van der Waals surface area contributed by atoms with Crippen LogP contribution in [0.4, 0.5) is 4.39 Å². The lowest BCUT2D eigenvalue weighted by molar-refractivity contribution is 0.128. The molecule has 1 fully saturated rings. The minimum atomic E-state index is -0.386. The fourth-order valence-electron chi connectivity index (χ4n) is 2.18. The van der Waals surface area contributed by atoms with E-state index >= 15 is 0 Å². The lowest BCUT2D eigenvalue weighted by Crippen LogP contribution is -2.16. The number of rotatable bonds is 4. The van der Waals surface area contributed by atoms with Gasteiger partial charge in [-0.05, 0) is 42.9 Å². The van der Waals surface area contributed by atoms with Gasteiger partial charge < -0.3 is 9.84 Å². The minimum absolute atomic E-state index is 0.265. The largest absolute Gasteiger partial charge is 0.393 e. The zero-order valence-corrected chi connectivity index (χ0v) is 11.1. The first kappa shape index (κ1) is 13.0. The molecule has 1 N–H and O–H groups in total. The van der Waals surface area contributed by atoms with Gasteiger partial charge >= 0.3 is 0 Å². The zero-order valence-electron chi connectivity index (χ0n) is 9.53. The van der Waals surface area contributed by atoms with Crippen LogP contribution >= 0.6 is 15.9 Å². The molecule has 1 aromatic carbocycles. The van der Waals surface area contributed by atoms with Gasteiger partial charge in [0, 0.05) is 17.7 Å². The fraction of sp³-hybridized carbons (Fsp3) is 0.538. The number of hydrogen-bond donors (Lipinski definition) is 1. The fourth-order valence-corrected chi connectivity index (χ4v) is 2.69. The molecular weight excluding hydrogens is 287 g/mol. The molecule has 0 radical (unpaired) electrons. The molecule has 1 heterocycles. The van der Waals surface area contributed by atoms with E-state index < -0.39 is 0 Å². The molecule has 0 aromatic heterocycles. The maximum atomic E-state index is 12.9. The van der Waals surface area contributed by atoms with Crippen molar-refractivity contribution in [2.45, 2.75) is 25.4 Å². The Kier molecular flexibility index (Phi) is 4.54. The van der Waals surface area contributed by atoms with Crippen molar-refractivity contribution < 1.29 is 14.2 Å². The summed E-state index contributed by atoms with van der Waals surface area (Å²) in [5.41, 5.74) is 0.942. The number of ether oxygens (including phenoxy) is 1. The van der Waals surface area contributed by atoms with Crippen molar-refractivity contribution in [1.29, 1.82) is 0 Å². The van der Waals surface area contributed by atoms with E-state index in [1.807, 2.05) is 0 Å². The molecule has 17 heavy (non-hydrogen) atoms. The lowest BCUT2D eigenvalue weighted by atomic mass is 9.96. The smallest absolute Gasteiger partial charge is 0.124 e. The first-order chi connectivity index (χ1) is 8.15. The molecule has 0 spiro atoms. The molecule has 2 rings (SSSR count). The molecule has 1 aliphatic rings. The summed E-state index contributed by atoms with van der Waals surface area (Å²) in [5.74, 6) is 0.198. The van der Waals surface area contributed by atoms with Crippen molar-refractivity contribution in [3.63, 3.8) is 0 Å². The summed E-state index contributed by atoms with van der Waals surface area (Å²) in [7, 11) is 0. The molecule has 0 bridgehead atoms. The predicted molar refractivity (Wildman–Crippen MR) is 67.4 cm³/mol. The Morgan fingerprint density at radius 1 is 1.53 bits per heavy atom. The monoisotopic (exact) mass is 302 g/mol. The van der Waals surface area contributed by atoms with Gasteiger partial charge in [0.1, 0.15) is 5.82 Å². The summed E-state index contributed by atoms with van der Waals surface area (Å²) in [6.45, 7) is 1.55. The highest BCUT2D eigenvalue weighted by Crippen LogP contribution is 2.23. The highest BCUT2D eigenvalue weighted by Gasteiger charge is 2.20.